The van der Waals surface area contributed by atoms with Gasteiger partial charge in [-0.2, -0.15) is 15.0 Å². The van der Waals surface area contributed by atoms with Crippen LogP contribution in [-0.2, 0) is 0 Å². The van der Waals surface area contributed by atoms with Crippen molar-refractivity contribution in [3.8, 4) is 5.69 Å². The molecule has 5 nitrogen and oxygen atoms in total. The Balaban J connectivity index is 2.41. The Morgan fingerprint density at radius 2 is 1.86 bits per heavy atom. The van der Waals surface area contributed by atoms with Crippen LogP contribution in [0.3, 0.4) is 0 Å². The van der Waals surface area contributed by atoms with Crippen LogP contribution in [0.1, 0.15) is 0 Å². The maximum absolute atomic E-state index is 8.95. The Hall–Kier alpha value is -1.66. The normalized spacial score (nSPS) is 10.1. The third-order valence-corrected chi connectivity index (χ3v) is 1.82. The van der Waals surface area contributed by atoms with E-state index in [0.717, 1.165) is 0 Å². The zero-order valence-electron chi connectivity index (χ0n) is 7.28. The zero-order chi connectivity index (χ0) is 9.97. The van der Waals surface area contributed by atoms with Crippen molar-refractivity contribution in [3.05, 3.63) is 36.7 Å². The first-order valence-corrected chi connectivity index (χ1v) is 4.10. The lowest BCUT2D eigenvalue weighted by Crippen LogP contribution is -2.30. The van der Waals surface area contributed by atoms with Crippen LogP contribution in [0, 0.1) is 0 Å². The molecule has 2 rings (SSSR count). The number of aromatic nitrogens is 3. The van der Waals surface area contributed by atoms with Gasteiger partial charge in [0, 0.05) is 0 Å². The molecule has 1 aromatic heterocycles. The van der Waals surface area contributed by atoms with Gasteiger partial charge in [0.15, 0.2) is 0 Å². The molecule has 1 heterocycles. The van der Waals surface area contributed by atoms with E-state index >= 15 is 0 Å². The van der Waals surface area contributed by atoms with Crippen LogP contribution in [0.15, 0.2) is 36.7 Å². The standard InChI is InChI=1S/C8H8BN3O2/c13-9(14)7-2-1-3-8(6-7)12-10-4-5-11-12/h1-6,13-14H. The summed E-state index contributed by atoms with van der Waals surface area (Å²) in [4.78, 5) is 1.41. The number of benzene rings is 1. The smallest absolute Gasteiger partial charge is 0.423 e. The summed E-state index contributed by atoms with van der Waals surface area (Å²) in [5.41, 5.74) is 1.11. The minimum atomic E-state index is -1.47. The summed E-state index contributed by atoms with van der Waals surface area (Å²) in [5.74, 6) is 0. The first-order valence-electron chi connectivity index (χ1n) is 4.10. The molecule has 6 heteroatoms. The van der Waals surface area contributed by atoms with Gasteiger partial charge in [-0.05, 0) is 17.6 Å². The maximum atomic E-state index is 8.95. The van der Waals surface area contributed by atoms with Crippen molar-refractivity contribution in [2.24, 2.45) is 0 Å². The average molecular weight is 189 g/mol. The topological polar surface area (TPSA) is 71.2 Å². The molecule has 0 unspecified atom stereocenters. The van der Waals surface area contributed by atoms with E-state index in [1.165, 1.54) is 4.80 Å². The van der Waals surface area contributed by atoms with Crippen molar-refractivity contribution < 1.29 is 10.0 Å². The number of nitrogens with zero attached hydrogens (tertiary/aromatic N) is 3. The van der Waals surface area contributed by atoms with Crippen molar-refractivity contribution in [1.82, 2.24) is 15.0 Å². The molecule has 0 spiro atoms. The maximum Gasteiger partial charge on any atom is 0.488 e. The second-order valence-electron chi connectivity index (χ2n) is 2.79. The fourth-order valence-electron chi connectivity index (χ4n) is 1.16. The molecule has 14 heavy (non-hydrogen) atoms. The lowest BCUT2D eigenvalue weighted by Gasteiger charge is -2.02. The van der Waals surface area contributed by atoms with E-state index < -0.39 is 7.12 Å². The highest BCUT2D eigenvalue weighted by molar-refractivity contribution is 6.58. The molecule has 0 atom stereocenters. The van der Waals surface area contributed by atoms with E-state index in [0.29, 0.717) is 11.2 Å². The molecule has 0 aliphatic rings. The molecule has 2 N–H and O–H groups in total. The number of hydrogen-bond acceptors (Lipinski definition) is 4. The van der Waals surface area contributed by atoms with Crippen LogP contribution in [-0.4, -0.2) is 32.2 Å². The SMILES string of the molecule is OB(O)c1cccc(-n2nccn2)c1. The van der Waals surface area contributed by atoms with Crippen molar-refractivity contribution in [2.75, 3.05) is 0 Å². The van der Waals surface area contributed by atoms with E-state index in [9.17, 15) is 0 Å². The summed E-state index contributed by atoms with van der Waals surface area (Å²) < 4.78 is 0. The van der Waals surface area contributed by atoms with Gasteiger partial charge in [0.05, 0.1) is 18.1 Å². The van der Waals surface area contributed by atoms with Crippen LogP contribution in [0.4, 0.5) is 0 Å². The largest absolute Gasteiger partial charge is 0.488 e. The predicted octanol–water partition coefficient (Wildman–Crippen LogP) is -1.05. The molecule has 0 aliphatic heterocycles. The van der Waals surface area contributed by atoms with E-state index in [1.807, 2.05) is 0 Å². The van der Waals surface area contributed by atoms with Gasteiger partial charge in [-0.3, -0.25) is 0 Å². The Morgan fingerprint density at radius 3 is 2.50 bits per heavy atom. The van der Waals surface area contributed by atoms with Gasteiger partial charge in [-0.25, -0.2) is 0 Å². The summed E-state index contributed by atoms with van der Waals surface area (Å²) in [6.45, 7) is 0. The fraction of sp³-hybridized carbons (Fsp3) is 0. The van der Waals surface area contributed by atoms with Gasteiger partial charge in [0.2, 0.25) is 0 Å². The van der Waals surface area contributed by atoms with Gasteiger partial charge in [0.1, 0.15) is 0 Å². The molecule has 2 aromatic rings. The zero-order valence-corrected chi connectivity index (χ0v) is 7.28. The monoisotopic (exact) mass is 189 g/mol. The third-order valence-electron chi connectivity index (χ3n) is 1.82. The van der Waals surface area contributed by atoms with E-state index in [1.54, 1.807) is 36.7 Å². The second-order valence-corrected chi connectivity index (χ2v) is 2.79. The number of rotatable bonds is 2. The highest BCUT2D eigenvalue weighted by Gasteiger charge is 2.11. The van der Waals surface area contributed by atoms with Crippen LogP contribution in [0.25, 0.3) is 5.69 Å². The molecular weight excluding hydrogens is 181 g/mol. The van der Waals surface area contributed by atoms with Crippen molar-refractivity contribution >= 4 is 12.6 Å². The molecular formula is C8H8BN3O2. The number of hydrogen-bond donors (Lipinski definition) is 2. The Kier molecular flexibility index (Phi) is 2.30. The van der Waals surface area contributed by atoms with Crippen LogP contribution >= 0.6 is 0 Å². The Bertz CT molecular complexity index is 416. The molecule has 0 bridgehead atoms. The highest BCUT2D eigenvalue weighted by atomic mass is 16.4. The second kappa shape index (κ2) is 3.61. The lowest BCUT2D eigenvalue weighted by atomic mass is 9.80. The minimum absolute atomic E-state index is 0.416. The summed E-state index contributed by atoms with van der Waals surface area (Å²) in [6, 6.07) is 6.74. The van der Waals surface area contributed by atoms with Gasteiger partial charge in [-0.15, -0.1) is 0 Å². The van der Waals surface area contributed by atoms with E-state index in [4.69, 9.17) is 10.0 Å². The summed E-state index contributed by atoms with van der Waals surface area (Å²) in [6.07, 6.45) is 3.12. The van der Waals surface area contributed by atoms with Gasteiger partial charge >= 0.3 is 7.12 Å². The molecule has 0 saturated heterocycles. The Labute approximate surface area is 80.8 Å². The van der Waals surface area contributed by atoms with Crippen LogP contribution in [0.5, 0.6) is 0 Å². The van der Waals surface area contributed by atoms with Crippen LogP contribution < -0.4 is 5.46 Å². The van der Waals surface area contributed by atoms with Crippen LogP contribution in [0.2, 0.25) is 0 Å². The minimum Gasteiger partial charge on any atom is -0.423 e. The molecule has 0 fully saturated rings. The molecule has 1 aromatic carbocycles. The van der Waals surface area contributed by atoms with E-state index in [-0.39, 0.29) is 0 Å². The van der Waals surface area contributed by atoms with Crippen molar-refractivity contribution in [1.29, 1.82) is 0 Å². The predicted molar refractivity (Wildman–Crippen MR) is 51.2 cm³/mol. The summed E-state index contributed by atoms with van der Waals surface area (Å²) in [7, 11) is -1.47. The average Bonchev–Trinajstić information content (AvgIpc) is 2.71. The molecule has 0 amide bonds. The highest BCUT2D eigenvalue weighted by Crippen LogP contribution is 2.00. The quantitative estimate of drug-likeness (QED) is 0.591. The first kappa shape index (κ1) is 8.92. The third kappa shape index (κ3) is 1.66. The Morgan fingerprint density at radius 1 is 1.14 bits per heavy atom. The molecule has 70 valence electrons. The van der Waals surface area contributed by atoms with Gasteiger partial charge in [-0.1, -0.05) is 12.1 Å². The molecule has 0 aliphatic carbocycles. The molecule has 0 radical (unpaired) electrons. The summed E-state index contributed by atoms with van der Waals surface area (Å²) in [5, 5.41) is 25.8. The van der Waals surface area contributed by atoms with Crippen molar-refractivity contribution in [2.45, 2.75) is 0 Å². The van der Waals surface area contributed by atoms with Crippen molar-refractivity contribution in [3.63, 3.8) is 0 Å². The first-order chi connectivity index (χ1) is 6.77. The lowest BCUT2D eigenvalue weighted by molar-refractivity contribution is 0.425. The molecule has 0 saturated carbocycles. The van der Waals surface area contributed by atoms with Gasteiger partial charge in [0.25, 0.3) is 0 Å². The van der Waals surface area contributed by atoms with Gasteiger partial charge < -0.3 is 10.0 Å². The van der Waals surface area contributed by atoms with E-state index in [2.05, 4.69) is 10.2 Å². The fourth-order valence-corrected chi connectivity index (χ4v) is 1.16. The summed E-state index contributed by atoms with van der Waals surface area (Å²) >= 11 is 0.